The first-order valence-electron chi connectivity index (χ1n) is 10.5. The highest BCUT2D eigenvalue weighted by atomic mass is 35.5. The molecule has 0 spiro atoms. The van der Waals surface area contributed by atoms with Gasteiger partial charge in [-0.1, -0.05) is 54.1 Å². The number of esters is 1. The number of hydrogen-bond acceptors (Lipinski definition) is 7. The zero-order chi connectivity index (χ0) is 25.7. The Hall–Kier alpha value is -4.76. The maximum absolute atomic E-state index is 12.9. The van der Waals surface area contributed by atoms with Crippen molar-refractivity contribution >= 4 is 46.2 Å². The highest BCUT2D eigenvalue weighted by Gasteiger charge is 2.24. The Balaban J connectivity index is 1.62. The monoisotopic (exact) mass is 503 g/mol. The van der Waals surface area contributed by atoms with Gasteiger partial charge in [-0.2, -0.15) is 5.10 Å². The second-order valence-electron chi connectivity index (χ2n) is 7.41. The van der Waals surface area contributed by atoms with Crippen molar-refractivity contribution in [2.75, 3.05) is 7.11 Å². The molecule has 0 saturated heterocycles. The normalized spacial score (nSPS) is 10.8. The summed E-state index contributed by atoms with van der Waals surface area (Å²) in [6, 6.07) is 21.1. The van der Waals surface area contributed by atoms with Crippen LogP contribution >= 0.6 is 11.6 Å². The highest BCUT2D eigenvalue weighted by molar-refractivity contribution is 6.31. The Morgan fingerprint density at radius 1 is 1.00 bits per heavy atom. The van der Waals surface area contributed by atoms with Gasteiger partial charge in [-0.3, -0.25) is 14.9 Å². The number of carbonyl (C=O) groups is 2. The minimum absolute atomic E-state index is 0.0182. The van der Waals surface area contributed by atoms with Crippen molar-refractivity contribution in [2.45, 2.75) is 0 Å². The fraction of sp³-hybridized carbons (Fsp3) is 0.0385. The van der Waals surface area contributed by atoms with Crippen LogP contribution in [0.2, 0.25) is 5.02 Å². The van der Waals surface area contributed by atoms with E-state index in [-0.39, 0.29) is 27.6 Å². The van der Waals surface area contributed by atoms with Gasteiger partial charge < -0.3 is 9.47 Å². The number of para-hydroxylation sites is 1. The summed E-state index contributed by atoms with van der Waals surface area (Å²) in [6.45, 7) is 0. The number of methoxy groups -OCH3 is 1. The summed E-state index contributed by atoms with van der Waals surface area (Å²) < 4.78 is 10.6. The average molecular weight is 504 g/mol. The van der Waals surface area contributed by atoms with Gasteiger partial charge in [0.2, 0.25) is 5.75 Å². The third kappa shape index (κ3) is 5.16. The number of nitro benzene ring substituents is 1. The number of amides is 1. The van der Waals surface area contributed by atoms with Crippen molar-refractivity contribution in [3.63, 3.8) is 0 Å². The number of nitrogens with zero attached hydrogens (tertiary/aromatic N) is 2. The summed E-state index contributed by atoms with van der Waals surface area (Å²) in [6.07, 6.45) is 1.16. The first-order chi connectivity index (χ1) is 17.4. The van der Waals surface area contributed by atoms with Crippen LogP contribution in [0.1, 0.15) is 26.3 Å². The summed E-state index contributed by atoms with van der Waals surface area (Å²) in [5, 5.41) is 17.4. The number of hydrazone groups is 1. The van der Waals surface area contributed by atoms with Crippen LogP contribution in [-0.4, -0.2) is 30.1 Å². The molecule has 0 heterocycles. The quantitative estimate of drug-likeness (QED) is 0.119. The molecular weight excluding hydrogens is 486 g/mol. The smallest absolute Gasteiger partial charge is 0.347 e. The zero-order valence-corrected chi connectivity index (χ0v) is 19.6. The lowest BCUT2D eigenvalue weighted by Crippen LogP contribution is -2.18. The molecule has 36 heavy (non-hydrogen) atoms. The van der Waals surface area contributed by atoms with Gasteiger partial charge in [-0.05, 0) is 41.1 Å². The largest absolute Gasteiger partial charge is 0.496 e. The topological polar surface area (TPSA) is 120 Å². The Kier molecular flexibility index (Phi) is 7.22. The molecule has 180 valence electrons. The van der Waals surface area contributed by atoms with Crippen LogP contribution in [-0.2, 0) is 0 Å². The van der Waals surface area contributed by atoms with Gasteiger partial charge in [-0.25, -0.2) is 10.2 Å². The van der Waals surface area contributed by atoms with Crippen LogP contribution in [0.4, 0.5) is 5.69 Å². The Morgan fingerprint density at radius 3 is 2.53 bits per heavy atom. The van der Waals surface area contributed by atoms with E-state index in [9.17, 15) is 19.7 Å². The summed E-state index contributed by atoms with van der Waals surface area (Å²) >= 11 is 5.99. The highest BCUT2D eigenvalue weighted by Crippen LogP contribution is 2.32. The maximum Gasteiger partial charge on any atom is 0.347 e. The van der Waals surface area contributed by atoms with E-state index in [1.807, 2.05) is 30.3 Å². The minimum Gasteiger partial charge on any atom is -0.496 e. The van der Waals surface area contributed by atoms with Crippen molar-refractivity contribution in [3.05, 3.63) is 111 Å². The van der Waals surface area contributed by atoms with Crippen molar-refractivity contribution in [3.8, 4) is 11.5 Å². The van der Waals surface area contributed by atoms with E-state index < -0.39 is 22.5 Å². The number of benzene rings is 4. The molecule has 0 bridgehead atoms. The number of rotatable bonds is 7. The van der Waals surface area contributed by atoms with E-state index in [0.29, 0.717) is 5.56 Å². The van der Waals surface area contributed by atoms with E-state index in [4.69, 9.17) is 21.1 Å². The molecular formula is C26H18ClN3O6. The molecule has 0 aliphatic rings. The Labute approximate surface area is 210 Å². The number of nitrogens with one attached hydrogen (secondary N) is 1. The molecule has 10 heteroatoms. The molecule has 0 saturated carbocycles. The van der Waals surface area contributed by atoms with E-state index in [0.717, 1.165) is 17.0 Å². The van der Waals surface area contributed by atoms with E-state index in [1.54, 1.807) is 12.1 Å². The van der Waals surface area contributed by atoms with Crippen molar-refractivity contribution in [2.24, 2.45) is 5.10 Å². The predicted molar refractivity (Wildman–Crippen MR) is 135 cm³/mol. The predicted octanol–water partition coefficient (Wildman–Crippen LogP) is 5.39. The van der Waals surface area contributed by atoms with Crippen LogP contribution in [0.25, 0.3) is 10.8 Å². The van der Waals surface area contributed by atoms with E-state index in [1.165, 1.54) is 43.5 Å². The van der Waals surface area contributed by atoms with Gasteiger partial charge in [-0.15, -0.1) is 0 Å². The number of ether oxygens (including phenoxy) is 2. The summed E-state index contributed by atoms with van der Waals surface area (Å²) in [5.74, 6) is -1.56. The molecule has 9 nitrogen and oxygen atoms in total. The number of carbonyl (C=O) groups excluding carboxylic acids is 2. The summed E-state index contributed by atoms with van der Waals surface area (Å²) in [7, 11) is 1.36. The van der Waals surface area contributed by atoms with Crippen LogP contribution in [0.5, 0.6) is 11.5 Å². The lowest BCUT2D eigenvalue weighted by molar-refractivity contribution is -0.385. The number of nitro groups is 1. The van der Waals surface area contributed by atoms with Crippen LogP contribution in [0.15, 0.2) is 84.0 Å². The van der Waals surface area contributed by atoms with Gasteiger partial charge in [0.15, 0.2) is 0 Å². The third-order valence-electron chi connectivity index (χ3n) is 5.20. The molecule has 0 atom stereocenters. The SMILES string of the molecule is COc1ccc(Cl)cc1C(=O)Oc1c(/C=N/NC(=O)c2cccc3ccccc23)cccc1[N+](=O)[O-]. The van der Waals surface area contributed by atoms with Crippen molar-refractivity contribution in [1.29, 1.82) is 0 Å². The maximum atomic E-state index is 12.9. The fourth-order valence-corrected chi connectivity index (χ4v) is 3.70. The molecule has 4 aromatic carbocycles. The van der Waals surface area contributed by atoms with E-state index >= 15 is 0 Å². The second-order valence-corrected chi connectivity index (χ2v) is 7.85. The molecule has 1 N–H and O–H groups in total. The lowest BCUT2D eigenvalue weighted by atomic mass is 10.0. The van der Waals surface area contributed by atoms with Gasteiger partial charge in [0.25, 0.3) is 5.91 Å². The molecule has 0 fully saturated rings. The molecule has 4 aromatic rings. The number of fused-ring (bicyclic) bond motifs is 1. The Bertz CT molecular complexity index is 1510. The molecule has 1 amide bonds. The van der Waals surface area contributed by atoms with Crippen LogP contribution < -0.4 is 14.9 Å². The first kappa shape index (κ1) is 24.4. The molecule has 0 radical (unpaired) electrons. The number of halogens is 1. The van der Waals surface area contributed by atoms with Gasteiger partial charge >= 0.3 is 11.7 Å². The van der Waals surface area contributed by atoms with E-state index in [2.05, 4.69) is 10.5 Å². The summed E-state index contributed by atoms with van der Waals surface area (Å²) in [4.78, 5) is 36.5. The average Bonchev–Trinajstić information content (AvgIpc) is 2.88. The van der Waals surface area contributed by atoms with Gasteiger partial charge in [0.1, 0.15) is 11.3 Å². The van der Waals surface area contributed by atoms with Crippen LogP contribution in [0.3, 0.4) is 0 Å². The molecule has 0 aliphatic heterocycles. The molecule has 4 rings (SSSR count). The molecule has 0 unspecified atom stereocenters. The van der Waals surface area contributed by atoms with Crippen molar-refractivity contribution < 1.29 is 24.0 Å². The third-order valence-corrected chi connectivity index (χ3v) is 5.44. The van der Waals surface area contributed by atoms with Crippen LogP contribution in [0, 0.1) is 10.1 Å². The number of hydrogen-bond donors (Lipinski definition) is 1. The summed E-state index contributed by atoms with van der Waals surface area (Å²) in [5.41, 5.74) is 2.43. The first-order valence-corrected chi connectivity index (χ1v) is 10.9. The lowest BCUT2D eigenvalue weighted by Gasteiger charge is -2.11. The fourth-order valence-electron chi connectivity index (χ4n) is 3.53. The molecule has 0 aliphatic carbocycles. The molecule has 0 aromatic heterocycles. The standard InChI is InChI=1S/C26H18ClN3O6/c1-35-23-13-12-18(27)14-21(23)26(32)36-24-17(8-5-11-22(24)30(33)34)15-28-29-25(31)20-10-4-7-16-6-2-3-9-19(16)20/h2-15H,1H3,(H,29,31)/b28-15+. The second kappa shape index (κ2) is 10.7. The Morgan fingerprint density at radius 2 is 1.75 bits per heavy atom. The minimum atomic E-state index is -0.918. The zero-order valence-electron chi connectivity index (χ0n) is 18.8. The van der Waals surface area contributed by atoms with Gasteiger partial charge in [0.05, 0.1) is 18.2 Å². The van der Waals surface area contributed by atoms with Crippen molar-refractivity contribution in [1.82, 2.24) is 5.43 Å². The van der Waals surface area contributed by atoms with Gasteiger partial charge in [0, 0.05) is 22.2 Å².